The third-order valence-corrected chi connectivity index (χ3v) is 1.73. The SMILES string of the molecule is N=C(N)N(O)CCc1ccccc1. The lowest BCUT2D eigenvalue weighted by molar-refractivity contribution is -0.0158. The molecule has 0 unspecified atom stereocenters. The van der Waals surface area contributed by atoms with Crippen molar-refractivity contribution in [2.75, 3.05) is 6.54 Å². The summed E-state index contributed by atoms with van der Waals surface area (Å²) in [5.41, 5.74) is 6.17. The maximum absolute atomic E-state index is 9.07. The van der Waals surface area contributed by atoms with Gasteiger partial charge in [-0.05, 0) is 12.0 Å². The second-order valence-corrected chi connectivity index (χ2v) is 2.74. The smallest absolute Gasteiger partial charge is 0.212 e. The third-order valence-electron chi connectivity index (χ3n) is 1.73. The Kier molecular flexibility index (Phi) is 3.28. The van der Waals surface area contributed by atoms with Gasteiger partial charge in [0.2, 0.25) is 5.96 Å². The van der Waals surface area contributed by atoms with Crippen LogP contribution in [0.5, 0.6) is 0 Å². The Labute approximate surface area is 77.1 Å². The molecule has 0 radical (unpaired) electrons. The largest absolute Gasteiger partial charge is 0.368 e. The molecule has 0 aliphatic carbocycles. The van der Waals surface area contributed by atoms with Crippen LogP contribution in [0.3, 0.4) is 0 Å². The van der Waals surface area contributed by atoms with E-state index in [2.05, 4.69) is 0 Å². The van der Waals surface area contributed by atoms with Crippen molar-refractivity contribution in [2.45, 2.75) is 6.42 Å². The van der Waals surface area contributed by atoms with Crippen molar-refractivity contribution < 1.29 is 5.21 Å². The van der Waals surface area contributed by atoms with E-state index in [1.807, 2.05) is 30.3 Å². The standard InChI is InChI=1S/C9H13N3O/c10-9(11)12(13)7-6-8-4-2-1-3-5-8/h1-5,13H,6-7H2,(H3,10,11). The first kappa shape index (κ1) is 9.54. The lowest BCUT2D eigenvalue weighted by atomic mass is 10.1. The molecule has 4 N–H and O–H groups in total. The van der Waals surface area contributed by atoms with Gasteiger partial charge in [0.05, 0.1) is 6.54 Å². The van der Waals surface area contributed by atoms with Crippen LogP contribution in [0, 0.1) is 5.41 Å². The Morgan fingerprint density at radius 1 is 1.38 bits per heavy atom. The number of guanidine groups is 1. The molecule has 0 aliphatic heterocycles. The van der Waals surface area contributed by atoms with Crippen molar-refractivity contribution in [3.05, 3.63) is 35.9 Å². The summed E-state index contributed by atoms with van der Waals surface area (Å²) in [5, 5.41) is 16.7. The molecule has 0 atom stereocenters. The van der Waals surface area contributed by atoms with Crippen LogP contribution in [0.1, 0.15) is 5.56 Å². The van der Waals surface area contributed by atoms with E-state index in [0.29, 0.717) is 13.0 Å². The summed E-state index contributed by atoms with van der Waals surface area (Å²) in [6.07, 6.45) is 0.677. The minimum atomic E-state index is -0.323. The van der Waals surface area contributed by atoms with E-state index < -0.39 is 0 Å². The van der Waals surface area contributed by atoms with Crippen LogP contribution in [0.2, 0.25) is 0 Å². The first-order valence-corrected chi connectivity index (χ1v) is 4.04. The number of hydrogen-bond donors (Lipinski definition) is 3. The molecule has 0 amide bonds. The Morgan fingerprint density at radius 2 is 2.00 bits per heavy atom. The second kappa shape index (κ2) is 4.47. The molecule has 1 aromatic rings. The van der Waals surface area contributed by atoms with E-state index in [0.717, 1.165) is 10.6 Å². The number of nitrogens with one attached hydrogen (secondary N) is 1. The van der Waals surface area contributed by atoms with E-state index in [1.165, 1.54) is 0 Å². The van der Waals surface area contributed by atoms with E-state index in [4.69, 9.17) is 16.4 Å². The van der Waals surface area contributed by atoms with Gasteiger partial charge in [-0.3, -0.25) is 10.6 Å². The fourth-order valence-corrected chi connectivity index (χ4v) is 1.00. The van der Waals surface area contributed by atoms with Crippen LogP contribution in [0.25, 0.3) is 0 Å². The Hall–Kier alpha value is -1.55. The summed E-state index contributed by atoms with van der Waals surface area (Å²) in [4.78, 5) is 0. The van der Waals surface area contributed by atoms with Crippen LogP contribution in [-0.4, -0.2) is 22.8 Å². The van der Waals surface area contributed by atoms with Gasteiger partial charge >= 0.3 is 0 Å². The Bertz CT molecular complexity index is 273. The maximum atomic E-state index is 9.07. The molecular weight excluding hydrogens is 166 g/mol. The summed E-state index contributed by atoms with van der Waals surface area (Å²) in [7, 11) is 0. The number of benzene rings is 1. The minimum absolute atomic E-state index is 0.323. The van der Waals surface area contributed by atoms with Crippen LogP contribution in [-0.2, 0) is 6.42 Å². The molecule has 0 aromatic heterocycles. The lowest BCUT2D eigenvalue weighted by Gasteiger charge is -2.13. The van der Waals surface area contributed by atoms with Gasteiger partial charge in [-0.25, -0.2) is 5.06 Å². The van der Waals surface area contributed by atoms with Crippen LogP contribution < -0.4 is 5.73 Å². The van der Waals surface area contributed by atoms with Crippen LogP contribution in [0.4, 0.5) is 0 Å². The molecule has 0 spiro atoms. The molecule has 0 bridgehead atoms. The molecule has 0 aliphatic rings. The highest BCUT2D eigenvalue weighted by atomic mass is 16.5. The van der Waals surface area contributed by atoms with Crippen molar-refractivity contribution in [1.29, 1.82) is 5.41 Å². The van der Waals surface area contributed by atoms with Crippen molar-refractivity contribution in [3.63, 3.8) is 0 Å². The summed E-state index contributed by atoms with van der Waals surface area (Å²) >= 11 is 0. The zero-order chi connectivity index (χ0) is 9.68. The van der Waals surface area contributed by atoms with Gasteiger partial charge in [-0.15, -0.1) is 0 Å². The summed E-state index contributed by atoms with van der Waals surface area (Å²) in [6.45, 7) is 0.347. The van der Waals surface area contributed by atoms with Gasteiger partial charge < -0.3 is 5.73 Å². The molecule has 1 aromatic carbocycles. The van der Waals surface area contributed by atoms with Gasteiger partial charge in [-0.1, -0.05) is 30.3 Å². The lowest BCUT2D eigenvalue weighted by Crippen LogP contribution is -2.34. The topological polar surface area (TPSA) is 73.3 Å². The van der Waals surface area contributed by atoms with Crippen molar-refractivity contribution >= 4 is 5.96 Å². The Morgan fingerprint density at radius 3 is 2.54 bits per heavy atom. The molecule has 0 saturated heterocycles. The number of rotatable bonds is 3. The highest BCUT2D eigenvalue weighted by Crippen LogP contribution is 1.99. The predicted octanol–water partition coefficient (Wildman–Crippen LogP) is 0.814. The van der Waals surface area contributed by atoms with Crippen LogP contribution >= 0.6 is 0 Å². The van der Waals surface area contributed by atoms with E-state index in [9.17, 15) is 0 Å². The Balaban J connectivity index is 2.39. The summed E-state index contributed by atoms with van der Waals surface area (Å²) < 4.78 is 0. The fraction of sp³-hybridized carbons (Fsp3) is 0.222. The van der Waals surface area contributed by atoms with Gasteiger partial charge in [0.1, 0.15) is 0 Å². The zero-order valence-corrected chi connectivity index (χ0v) is 7.27. The highest BCUT2D eigenvalue weighted by molar-refractivity contribution is 5.73. The quantitative estimate of drug-likeness (QED) is 0.365. The van der Waals surface area contributed by atoms with E-state index in [-0.39, 0.29) is 5.96 Å². The van der Waals surface area contributed by atoms with Gasteiger partial charge in [0.15, 0.2) is 0 Å². The molecular formula is C9H13N3O. The molecule has 1 rings (SSSR count). The zero-order valence-electron chi connectivity index (χ0n) is 7.27. The monoisotopic (exact) mass is 179 g/mol. The summed E-state index contributed by atoms with van der Waals surface area (Å²) in [5.74, 6) is -0.323. The third kappa shape index (κ3) is 3.13. The van der Waals surface area contributed by atoms with E-state index >= 15 is 0 Å². The first-order chi connectivity index (χ1) is 6.20. The average molecular weight is 179 g/mol. The van der Waals surface area contributed by atoms with Crippen molar-refractivity contribution in [1.82, 2.24) is 5.06 Å². The molecule has 13 heavy (non-hydrogen) atoms. The number of hydroxylamine groups is 2. The number of hydrogen-bond acceptors (Lipinski definition) is 2. The van der Waals surface area contributed by atoms with Crippen LogP contribution in [0.15, 0.2) is 30.3 Å². The molecule has 0 heterocycles. The average Bonchev–Trinajstić information content (AvgIpc) is 2.15. The molecule has 0 saturated carbocycles. The molecule has 4 heteroatoms. The van der Waals surface area contributed by atoms with E-state index in [1.54, 1.807) is 0 Å². The van der Waals surface area contributed by atoms with Gasteiger partial charge in [0, 0.05) is 0 Å². The maximum Gasteiger partial charge on any atom is 0.212 e. The molecule has 0 fully saturated rings. The normalized spacial score (nSPS) is 9.62. The van der Waals surface area contributed by atoms with Gasteiger partial charge in [0.25, 0.3) is 0 Å². The first-order valence-electron chi connectivity index (χ1n) is 4.04. The predicted molar refractivity (Wildman–Crippen MR) is 50.6 cm³/mol. The molecule has 70 valence electrons. The number of nitrogens with zero attached hydrogens (tertiary/aromatic N) is 1. The second-order valence-electron chi connectivity index (χ2n) is 2.74. The van der Waals surface area contributed by atoms with Crippen molar-refractivity contribution in [2.24, 2.45) is 5.73 Å². The highest BCUT2D eigenvalue weighted by Gasteiger charge is 2.01. The van der Waals surface area contributed by atoms with Gasteiger partial charge in [-0.2, -0.15) is 0 Å². The fourth-order valence-electron chi connectivity index (χ4n) is 1.00. The van der Waals surface area contributed by atoms with Crippen molar-refractivity contribution in [3.8, 4) is 0 Å². The number of nitrogens with two attached hydrogens (primary N) is 1. The minimum Gasteiger partial charge on any atom is -0.368 e. The summed E-state index contributed by atoms with van der Waals surface area (Å²) in [6, 6.07) is 9.74. The molecule has 4 nitrogen and oxygen atoms in total.